The zero-order chi connectivity index (χ0) is 21.1. The van der Waals surface area contributed by atoms with Crippen molar-refractivity contribution in [3.05, 3.63) is 57.9 Å². The Balaban J connectivity index is 2.75. The molecule has 0 saturated carbocycles. The van der Waals surface area contributed by atoms with Crippen LogP contribution >= 0.6 is 0 Å². The van der Waals surface area contributed by atoms with Crippen LogP contribution in [0.25, 0.3) is 0 Å². The molecule has 0 aromatic heterocycles. The van der Waals surface area contributed by atoms with Gasteiger partial charge >= 0.3 is 18.1 Å². The van der Waals surface area contributed by atoms with Crippen LogP contribution in [0, 0.1) is 0 Å². The molecule has 0 saturated heterocycles. The number of hydrogen-bond acceptors (Lipinski definition) is 6. The smallest absolute Gasteiger partial charge is 0.416 e. The van der Waals surface area contributed by atoms with E-state index in [1.165, 1.54) is 32.0 Å². The normalized spacial score (nSPS) is 17.3. The summed E-state index contributed by atoms with van der Waals surface area (Å²) in [4.78, 5) is 25.1. The Morgan fingerprint density at radius 3 is 2.21 bits per heavy atom. The Morgan fingerprint density at radius 2 is 1.68 bits per heavy atom. The molecule has 1 aliphatic heterocycles. The van der Waals surface area contributed by atoms with Gasteiger partial charge in [0.15, 0.2) is 0 Å². The van der Waals surface area contributed by atoms with Gasteiger partial charge in [-0.25, -0.2) is 9.59 Å². The van der Waals surface area contributed by atoms with Crippen LogP contribution in [0.5, 0.6) is 0 Å². The maximum Gasteiger partial charge on any atom is 0.416 e. The highest BCUT2D eigenvalue weighted by atomic mass is 19.4. The molecule has 1 aliphatic rings. The lowest BCUT2D eigenvalue weighted by atomic mass is 9.78. The first kappa shape index (κ1) is 21.5. The van der Waals surface area contributed by atoms with Gasteiger partial charge in [0.1, 0.15) is 6.61 Å². The molecule has 1 atom stereocenters. The summed E-state index contributed by atoms with van der Waals surface area (Å²) in [5, 5.41) is 2.85. The van der Waals surface area contributed by atoms with E-state index in [0.29, 0.717) is 5.70 Å². The van der Waals surface area contributed by atoms with E-state index in [2.05, 4.69) is 5.32 Å². The quantitative estimate of drug-likeness (QED) is 0.741. The van der Waals surface area contributed by atoms with Crippen LogP contribution in [-0.4, -0.2) is 32.2 Å². The van der Waals surface area contributed by atoms with Crippen LogP contribution in [0.4, 0.5) is 13.2 Å². The minimum absolute atomic E-state index is 0.0496. The number of methoxy groups -OCH3 is 1. The van der Waals surface area contributed by atoms with E-state index in [0.717, 1.165) is 13.2 Å². The fraction of sp³-hybridized carbons (Fsp3) is 0.368. The van der Waals surface area contributed by atoms with E-state index in [9.17, 15) is 22.8 Å². The van der Waals surface area contributed by atoms with Gasteiger partial charge in [-0.1, -0.05) is 18.2 Å². The van der Waals surface area contributed by atoms with E-state index in [-0.39, 0.29) is 35.6 Å². The Morgan fingerprint density at radius 1 is 1.11 bits per heavy atom. The number of halogens is 3. The average molecular weight is 398 g/mol. The van der Waals surface area contributed by atoms with Crippen molar-refractivity contribution in [2.75, 3.05) is 20.3 Å². The lowest BCUT2D eigenvalue weighted by Gasteiger charge is -2.31. The number of benzene rings is 1. The van der Waals surface area contributed by atoms with Gasteiger partial charge in [0.25, 0.3) is 0 Å². The van der Waals surface area contributed by atoms with Gasteiger partial charge in [0.05, 0.1) is 29.7 Å². The zero-order valence-corrected chi connectivity index (χ0v) is 15.6. The summed E-state index contributed by atoms with van der Waals surface area (Å²) >= 11 is 0. The summed E-state index contributed by atoms with van der Waals surface area (Å²) in [6.07, 6.45) is -4.68. The van der Waals surface area contributed by atoms with Crippen molar-refractivity contribution in [1.82, 2.24) is 5.32 Å². The van der Waals surface area contributed by atoms with Crippen molar-refractivity contribution < 1.29 is 32.2 Å². The molecule has 1 aromatic carbocycles. The third-order valence-corrected chi connectivity index (χ3v) is 4.31. The lowest BCUT2D eigenvalue weighted by Crippen LogP contribution is -2.33. The summed E-state index contributed by atoms with van der Waals surface area (Å²) in [6, 6.07) is 4.79. The highest BCUT2D eigenvalue weighted by Crippen LogP contribution is 2.44. The van der Waals surface area contributed by atoms with E-state index >= 15 is 0 Å². The van der Waals surface area contributed by atoms with Gasteiger partial charge in [-0.15, -0.1) is 0 Å². The van der Waals surface area contributed by atoms with Gasteiger partial charge in [-0.3, -0.25) is 0 Å². The van der Waals surface area contributed by atoms with E-state index in [1.54, 1.807) is 0 Å². The number of rotatable bonds is 5. The Labute approximate surface area is 160 Å². The van der Waals surface area contributed by atoms with Crippen LogP contribution in [0.15, 0.2) is 46.8 Å². The number of hydrogen-bond donors (Lipinski definition) is 2. The number of alkyl halides is 3. The van der Waals surface area contributed by atoms with Gasteiger partial charge < -0.3 is 20.5 Å². The van der Waals surface area contributed by atoms with Crippen molar-refractivity contribution in [2.45, 2.75) is 25.9 Å². The molecule has 2 rings (SSSR count). The van der Waals surface area contributed by atoms with Gasteiger partial charge in [0, 0.05) is 17.9 Å². The van der Waals surface area contributed by atoms with Crippen LogP contribution in [0.1, 0.15) is 30.9 Å². The van der Waals surface area contributed by atoms with Gasteiger partial charge in [-0.05, 0) is 25.5 Å². The van der Waals surface area contributed by atoms with Crippen LogP contribution in [-0.2, 0) is 25.2 Å². The van der Waals surface area contributed by atoms with Crippen LogP contribution < -0.4 is 11.1 Å². The number of nitrogens with one attached hydrogen (secondary N) is 1. The summed E-state index contributed by atoms with van der Waals surface area (Å²) in [5.41, 5.74) is 4.54. The van der Waals surface area contributed by atoms with Crippen molar-refractivity contribution in [3.63, 3.8) is 0 Å². The third-order valence-electron chi connectivity index (χ3n) is 4.31. The topological polar surface area (TPSA) is 90.6 Å². The van der Waals surface area contributed by atoms with Crippen LogP contribution in [0.2, 0.25) is 0 Å². The molecule has 28 heavy (non-hydrogen) atoms. The summed E-state index contributed by atoms with van der Waals surface area (Å²) in [6.45, 7) is 2.99. The molecule has 0 radical (unpaired) electrons. The first-order valence-corrected chi connectivity index (χ1v) is 8.43. The monoisotopic (exact) mass is 398 g/mol. The fourth-order valence-corrected chi connectivity index (χ4v) is 3.19. The first-order chi connectivity index (χ1) is 13.1. The minimum Gasteiger partial charge on any atom is -0.466 e. The standard InChI is InChI=1S/C19H21F3N2O4/c1-10-14(17(25)27-3)16(12-6-4-5-7-13(12)19(20,21)22)15(11(2)24-10)18(26)28-9-8-23/h4-7,16,24H,8-9,23H2,1-3H3. The highest BCUT2D eigenvalue weighted by Gasteiger charge is 2.43. The minimum atomic E-state index is -4.68. The molecule has 1 unspecified atom stereocenters. The second kappa shape index (κ2) is 8.47. The van der Waals surface area contributed by atoms with Crippen molar-refractivity contribution >= 4 is 11.9 Å². The molecular formula is C19H21F3N2O4. The Hall–Kier alpha value is -2.81. The lowest BCUT2D eigenvalue weighted by molar-refractivity contribution is -0.141. The predicted molar refractivity (Wildman–Crippen MR) is 94.8 cm³/mol. The summed E-state index contributed by atoms with van der Waals surface area (Å²) in [7, 11) is 1.12. The molecule has 6 nitrogen and oxygen atoms in total. The second-order valence-corrected chi connectivity index (χ2v) is 6.14. The Kier molecular flexibility index (Phi) is 6.50. The average Bonchev–Trinajstić information content (AvgIpc) is 2.64. The number of allylic oxidation sites excluding steroid dienone is 2. The molecule has 1 heterocycles. The molecule has 0 fully saturated rings. The van der Waals surface area contributed by atoms with E-state index in [1.807, 2.05) is 0 Å². The predicted octanol–water partition coefficient (Wildman–Crippen LogP) is 2.62. The number of carbonyl (C=O) groups excluding carboxylic acids is 2. The summed E-state index contributed by atoms with van der Waals surface area (Å²) in [5.74, 6) is -3.01. The fourth-order valence-electron chi connectivity index (χ4n) is 3.19. The Bertz CT molecular complexity index is 844. The van der Waals surface area contributed by atoms with Crippen molar-refractivity contribution in [3.8, 4) is 0 Å². The number of dihydropyridines is 1. The molecule has 0 amide bonds. The van der Waals surface area contributed by atoms with Gasteiger partial charge in [0.2, 0.25) is 0 Å². The van der Waals surface area contributed by atoms with Crippen molar-refractivity contribution in [2.24, 2.45) is 5.73 Å². The third kappa shape index (κ3) is 4.19. The maximum atomic E-state index is 13.6. The van der Waals surface area contributed by atoms with Gasteiger partial charge in [-0.2, -0.15) is 13.2 Å². The number of ether oxygens (including phenoxy) is 2. The highest BCUT2D eigenvalue weighted by molar-refractivity contribution is 6.00. The van der Waals surface area contributed by atoms with E-state index in [4.69, 9.17) is 15.2 Å². The van der Waals surface area contributed by atoms with Crippen molar-refractivity contribution in [1.29, 1.82) is 0 Å². The molecule has 9 heteroatoms. The molecule has 152 valence electrons. The largest absolute Gasteiger partial charge is 0.466 e. The maximum absolute atomic E-state index is 13.6. The molecule has 0 bridgehead atoms. The summed E-state index contributed by atoms with van der Waals surface area (Å²) < 4.78 is 50.8. The molecule has 3 N–H and O–H groups in total. The number of esters is 2. The van der Waals surface area contributed by atoms with E-state index < -0.39 is 29.6 Å². The first-order valence-electron chi connectivity index (χ1n) is 8.43. The number of nitrogens with two attached hydrogens (primary N) is 1. The molecular weight excluding hydrogens is 377 g/mol. The number of carbonyl (C=O) groups is 2. The molecule has 0 aliphatic carbocycles. The SMILES string of the molecule is COC(=O)C1=C(C)NC(C)=C(C(=O)OCCN)C1c1ccccc1C(F)(F)F. The second-order valence-electron chi connectivity index (χ2n) is 6.14. The molecule has 1 aromatic rings. The zero-order valence-electron chi connectivity index (χ0n) is 15.6. The van der Waals surface area contributed by atoms with Crippen LogP contribution in [0.3, 0.4) is 0 Å². The molecule has 0 spiro atoms.